The molecule has 242 valence electrons. The lowest BCUT2D eigenvalue weighted by Gasteiger charge is -2.63. The standard InChI is InChI=1S/C33H36F2O9S/c1-5-41-29(40)43-12-6-7-14-45-28(39)33(44-27(38)25-9-8-13-42-25)19(2)15-21-22-17-24(34)23-16-20(36)10-11-30(23,3)32(22,35)26(37)18-31(21,33)4/h8-11,13,16,19,21-22,24,26,37H,5,12,14-15,17-18H2,1-4H3/t19-,21+,22+,24+,26+,30+,31+,32+,33+/m1/s1. The van der Waals surface area contributed by atoms with E-state index in [0.717, 1.165) is 17.8 Å². The van der Waals surface area contributed by atoms with Crippen molar-refractivity contribution in [2.24, 2.45) is 28.6 Å². The summed E-state index contributed by atoms with van der Waals surface area (Å²) in [7, 11) is 0. The molecule has 12 heteroatoms. The highest BCUT2D eigenvalue weighted by molar-refractivity contribution is 8.14. The summed E-state index contributed by atoms with van der Waals surface area (Å²) in [5, 5.41) is 11.2. The maximum absolute atomic E-state index is 17.6. The van der Waals surface area contributed by atoms with Crippen molar-refractivity contribution < 1.29 is 51.7 Å². The van der Waals surface area contributed by atoms with Crippen molar-refractivity contribution in [2.75, 3.05) is 19.0 Å². The third-order valence-corrected chi connectivity index (χ3v) is 11.2. The van der Waals surface area contributed by atoms with Crippen LogP contribution in [0.2, 0.25) is 0 Å². The van der Waals surface area contributed by atoms with E-state index in [2.05, 4.69) is 16.6 Å². The normalized spacial score (nSPS) is 38.1. The van der Waals surface area contributed by atoms with Crippen LogP contribution in [0, 0.1) is 40.4 Å². The van der Waals surface area contributed by atoms with Gasteiger partial charge >= 0.3 is 12.1 Å². The number of furan rings is 1. The second-order valence-electron chi connectivity index (χ2n) is 12.5. The highest BCUT2D eigenvalue weighted by atomic mass is 32.2. The number of fused-ring (bicyclic) bond motifs is 5. The van der Waals surface area contributed by atoms with Crippen molar-refractivity contribution in [3.8, 4) is 11.8 Å². The highest BCUT2D eigenvalue weighted by Crippen LogP contribution is 2.72. The number of ketones is 1. The molecule has 0 aromatic carbocycles. The zero-order valence-electron chi connectivity index (χ0n) is 25.5. The van der Waals surface area contributed by atoms with E-state index in [1.165, 1.54) is 37.5 Å². The first-order valence-electron chi connectivity index (χ1n) is 14.9. The molecule has 0 saturated heterocycles. The molecule has 0 unspecified atom stereocenters. The Kier molecular flexibility index (Phi) is 8.83. The van der Waals surface area contributed by atoms with Gasteiger partial charge in [0.05, 0.1) is 24.7 Å². The molecule has 9 nitrogen and oxygen atoms in total. The van der Waals surface area contributed by atoms with E-state index in [4.69, 9.17) is 13.9 Å². The molecule has 0 aliphatic heterocycles. The zero-order valence-corrected chi connectivity index (χ0v) is 26.3. The van der Waals surface area contributed by atoms with Crippen molar-refractivity contribution in [3.05, 3.63) is 48.0 Å². The molecule has 0 amide bonds. The summed E-state index contributed by atoms with van der Waals surface area (Å²) in [6.07, 6.45) is 0.377. The molecule has 0 radical (unpaired) electrons. The van der Waals surface area contributed by atoms with Crippen LogP contribution in [-0.4, -0.2) is 70.6 Å². The molecule has 0 bridgehead atoms. The number of hydrogen-bond donors (Lipinski definition) is 1. The Morgan fingerprint density at radius 1 is 1.18 bits per heavy atom. The van der Waals surface area contributed by atoms with Gasteiger partial charge in [0.2, 0.25) is 10.9 Å². The first kappa shape index (κ1) is 32.9. The first-order valence-corrected chi connectivity index (χ1v) is 15.9. The number of carbonyl (C=O) groups is 4. The van der Waals surface area contributed by atoms with Gasteiger partial charge < -0.3 is 23.7 Å². The molecule has 4 aliphatic carbocycles. The van der Waals surface area contributed by atoms with Crippen LogP contribution in [-0.2, 0) is 23.8 Å². The van der Waals surface area contributed by atoms with Gasteiger partial charge in [-0.3, -0.25) is 9.59 Å². The predicted octanol–water partition coefficient (Wildman–Crippen LogP) is 5.18. The molecule has 1 N–H and O–H groups in total. The average Bonchev–Trinajstić information content (AvgIpc) is 3.60. The largest absolute Gasteiger partial charge is 0.509 e. The number of alkyl halides is 2. The van der Waals surface area contributed by atoms with Crippen molar-refractivity contribution >= 4 is 34.8 Å². The van der Waals surface area contributed by atoms with Gasteiger partial charge in [-0.15, -0.1) is 0 Å². The predicted molar refractivity (Wildman–Crippen MR) is 158 cm³/mol. The number of thioether (sulfide) groups is 1. The van der Waals surface area contributed by atoms with Gasteiger partial charge in [-0.2, -0.15) is 0 Å². The Labute approximate surface area is 264 Å². The quantitative estimate of drug-likeness (QED) is 0.326. The van der Waals surface area contributed by atoms with Crippen LogP contribution in [0.25, 0.3) is 0 Å². The van der Waals surface area contributed by atoms with Gasteiger partial charge in [-0.25, -0.2) is 18.4 Å². The third-order valence-electron chi connectivity index (χ3n) is 10.4. The Bertz CT molecular complexity index is 1490. The molecule has 1 aromatic heterocycles. The van der Waals surface area contributed by atoms with Crippen molar-refractivity contribution in [1.82, 2.24) is 0 Å². The molecule has 3 saturated carbocycles. The third kappa shape index (κ3) is 5.03. The monoisotopic (exact) mass is 646 g/mol. The molecule has 3 fully saturated rings. The fraction of sp³-hybridized carbons (Fsp3) is 0.576. The van der Waals surface area contributed by atoms with E-state index in [1.807, 2.05) is 0 Å². The number of esters is 1. The summed E-state index contributed by atoms with van der Waals surface area (Å²) in [6.45, 7) is 6.44. The van der Waals surface area contributed by atoms with Crippen LogP contribution in [0.4, 0.5) is 13.6 Å². The second kappa shape index (κ2) is 12.1. The number of halogens is 2. The molecule has 0 spiro atoms. The van der Waals surface area contributed by atoms with Gasteiger partial charge in [0, 0.05) is 22.7 Å². The van der Waals surface area contributed by atoms with Gasteiger partial charge in [0.1, 0.15) is 6.17 Å². The van der Waals surface area contributed by atoms with E-state index in [1.54, 1.807) is 20.8 Å². The van der Waals surface area contributed by atoms with E-state index >= 15 is 8.78 Å². The second-order valence-corrected chi connectivity index (χ2v) is 13.4. The Hall–Kier alpha value is -3.43. The Morgan fingerprint density at radius 3 is 2.62 bits per heavy atom. The molecule has 1 heterocycles. The molecule has 9 atom stereocenters. The lowest BCUT2D eigenvalue weighted by molar-refractivity contribution is -0.221. The Morgan fingerprint density at radius 2 is 1.93 bits per heavy atom. The molecule has 5 rings (SSSR count). The number of hydrogen-bond acceptors (Lipinski definition) is 10. The topological polar surface area (TPSA) is 129 Å². The molecular weight excluding hydrogens is 610 g/mol. The fourth-order valence-electron chi connectivity index (χ4n) is 8.37. The average molecular weight is 647 g/mol. The van der Waals surface area contributed by atoms with Crippen LogP contribution in [0.5, 0.6) is 0 Å². The SMILES string of the molecule is CCOC(=O)OCC#CCSC(=O)[C@@]1(OC(=O)c2ccco2)[C@H](C)C[C@H]2[C@@H]3C[C@H](F)C4=CC(=O)C=C[C@]4(C)[C@@]3(F)[C@@H](O)C[C@@]21C. The minimum Gasteiger partial charge on any atom is -0.457 e. The van der Waals surface area contributed by atoms with Crippen LogP contribution >= 0.6 is 11.8 Å². The van der Waals surface area contributed by atoms with E-state index in [0.29, 0.717) is 0 Å². The summed E-state index contributed by atoms with van der Waals surface area (Å²) in [5.41, 5.74) is -7.13. The lowest BCUT2D eigenvalue weighted by atomic mass is 9.44. The molecule has 45 heavy (non-hydrogen) atoms. The first-order chi connectivity index (χ1) is 21.3. The highest BCUT2D eigenvalue weighted by Gasteiger charge is 2.78. The summed E-state index contributed by atoms with van der Waals surface area (Å²) in [4.78, 5) is 51.2. The van der Waals surface area contributed by atoms with Gasteiger partial charge in [-0.05, 0) is 68.9 Å². The summed E-state index contributed by atoms with van der Waals surface area (Å²) < 4.78 is 54.4. The van der Waals surface area contributed by atoms with Gasteiger partial charge in [-0.1, -0.05) is 43.5 Å². The number of allylic oxidation sites excluding steroid dienone is 4. The molecule has 4 aliphatic rings. The van der Waals surface area contributed by atoms with Crippen LogP contribution in [0.3, 0.4) is 0 Å². The summed E-state index contributed by atoms with van der Waals surface area (Å²) >= 11 is 0.787. The molecule has 1 aromatic rings. The minimum atomic E-state index is -2.36. The van der Waals surface area contributed by atoms with Crippen molar-refractivity contribution in [2.45, 2.75) is 70.5 Å². The maximum atomic E-state index is 17.6. The smallest absolute Gasteiger partial charge is 0.457 e. The number of ether oxygens (including phenoxy) is 3. The maximum Gasteiger partial charge on any atom is 0.509 e. The molecular formula is C33H36F2O9S. The lowest BCUT2D eigenvalue weighted by Crippen LogP contribution is -2.70. The van der Waals surface area contributed by atoms with Crippen LogP contribution in [0.15, 0.2) is 46.6 Å². The van der Waals surface area contributed by atoms with Crippen molar-refractivity contribution in [3.63, 3.8) is 0 Å². The Balaban J connectivity index is 1.50. The number of aliphatic hydroxyl groups excluding tert-OH is 1. The van der Waals surface area contributed by atoms with Crippen molar-refractivity contribution in [1.29, 1.82) is 0 Å². The summed E-state index contributed by atoms with van der Waals surface area (Å²) in [6, 6.07) is 2.89. The van der Waals surface area contributed by atoms with Gasteiger partial charge in [0.25, 0.3) is 0 Å². The van der Waals surface area contributed by atoms with Gasteiger partial charge in [0.15, 0.2) is 23.7 Å². The number of carbonyl (C=O) groups excluding carboxylic acids is 4. The number of rotatable bonds is 6. The fourth-order valence-corrected chi connectivity index (χ4v) is 9.37. The minimum absolute atomic E-state index is 0.00454. The summed E-state index contributed by atoms with van der Waals surface area (Å²) in [5.74, 6) is 1.43. The van der Waals surface area contributed by atoms with E-state index < -0.39 is 75.2 Å². The van der Waals surface area contributed by atoms with E-state index in [-0.39, 0.29) is 49.6 Å². The zero-order chi connectivity index (χ0) is 32.8. The number of aliphatic hydroxyl groups is 1. The van der Waals surface area contributed by atoms with Crippen LogP contribution in [0.1, 0.15) is 57.5 Å². The van der Waals surface area contributed by atoms with Crippen LogP contribution < -0.4 is 0 Å². The van der Waals surface area contributed by atoms with E-state index in [9.17, 15) is 24.3 Å².